The van der Waals surface area contributed by atoms with Gasteiger partial charge in [-0.05, 0) is 66.1 Å². The molecule has 1 aliphatic heterocycles. The van der Waals surface area contributed by atoms with Crippen LogP contribution < -0.4 is 14.4 Å². The second-order valence-electron chi connectivity index (χ2n) is 8.58. The molecule has 1 N–H and O–H groups in total. The van der Waals surface area contributed by atoms with Crippen molar-refractivity contribution in [2.24, 2.45) is 0 Å². The highest BCUT2D eigenvalue weighted by Crippen LogP contribution is 2.42. The van der Waals surface area contributed by atoms with Crippen LogP contribution in [0.15, 0.2) is 72.4 Å². The highest BCUT2D eigenvalue weighted by Gasteiger charge is 2.47. The van der Waals surface area contributed by atoms with Gasteiger partial charge in [0.15, 0.2) is 0 Å². The summed E-state index contributed by atoms with van der Waals surface area (Å²) in [4.78, 5) is 31.8. The van der Waals surface area contributed by atoms with E-state index in [4.69, 9.17) is 4.74 Å². The van der Waals surface area contributed by atoms with E-state index in [0.717, 1.165) is 22.6 Å². The van der Waals surface area contributed by atoms with E-state index in [1.54, 1.807) is 36.4 Å². The number of amides is 1. The van der Waals surface area contributed by atoms with Crippen molar-refractivity contribution in [3.05, 3.63) is 89.3 Å². The maximum atomic E-state index is 13.2. The van der Waals surface area contributed by atoms with Crippen molar-refractivity contribution in [2.75, 3.05) is 12.0 Å². The summed E-state index contributed by atoms with van der Waals surface area (Å²) in [6.45, 7) is 3.89. The number of hydrogen-bond acceptors (Lipinski definition) is 6. The molecule has 4 rings (SSSR count). The molecule has 1 amide bonds. The number of anilines is 1. The van der Waals surface area contributed by atoms with Gasteiger partial charge in [-0.2, -0.15) is 0 Å². The molecule has 1 atom stereocenters. The Balaban J connectivity index is 1.86. The van der Waals surface area contributed by atoms with Gasteiger partial charge in [0.2, 0.25) is 0 Å². The first-order valence-electron chi connectivity index (χ1n) is 11.3. The Kier molecular flexibility index (Phi) is 6.93. The van der Waals surface area contributed by atoms with Gasteiger partial charge in [0.1, 0.15) is 23.3 Å². The van der Waals surface area contributed by atoms with Crippen molar-refractivity contribution in [3.63, 3.8) is 0 Å². The number of methoxy groups -OCH3 is 1. The molecule has 2 heterocycles. The van der Waals surface area contributed by atoms with E-state index in [1.165, 1.54) is 25.4 Å². The lowest BCUT2D eigenvalue weighted by atomic mass is 9.94. The number of aliphatic hydroxyl groups is 1. The van der Waals surface area contributed by atoms with Gasteiger partial charge in [-0.3, -0.25) is 19.5 Å². The highest BCUT2D eigenvalue weighted by molar-refractivity contribution is 6.51. The van der Waals surface area contributed by atoms with E-state index >= 15 is 0 Å². The van der Waals surface area contributed by atoms with Crippen molar-refractivity contribution in [1.82, 2.24) is 4.98 Å². The number of halogens is 3. The third-order valence-electron chi connectivity index (χ3n) is 5.89. The molecule has 1 unspecified atom stereocenters. The number of ketones is 1. The van der Waals surface area contributed by atoms with Crippen LogP contribution in [0.25, 0.3) is 5.76 Å². The van der Waals surface area contributed by atoms with Crippen LogP contribution in [0.1, 0.15) is 42.6 Å². The monoisotopic (exact) mass is 512 g/mol. The number of Topliss-reactive ketones (excluding diaryl/α,β-unsaturated/α-hetero) is 1. The highest BCUT2D eigenvalue weighted by atomic mass is 19.4. The second-order valence-corrected chi connectivity index (χ2v) is 8.58. The maximum Gasteiger partial charge on any atom is 0.573 e. The molecular weight excluding hydrogens is 489 g/mol. The standard InChI is InChI=1S/C27H23F3N2O5/c1-15(2)19-14-16(7-12-21(19)36-3)24(33)22-23(20-6-4-5-13-31-20)32(26(35)25(22)34)17-8-10-18(11-9-17)37-27(28,29)30/h4-15,23,33H,1-3H3/b24-22-. The topological polar surface area (TPSA) is 89.0 Å². The van der Waals surface area contributed by atoms with Crippen molar-refractivity contribution in [1.29, 1.82) is 0 Å². The lowest BCUT2D eigenvalue weighted by Gasteiger charge is -2.25. The summed E-state index contributed by atoms with van der Waals surface area (Å²) in [6.07, 6.45) is -3.41. The number of hydrogen-bond donors (Lipinski definition) is 1. The zero-order valence-corrected chi connectivity index (χ0v) is 20.1. The summed E-state index contributed by atoms with van der Waals surface area (Å²) >= 11 is 0. The molecule has 10 heteroatoms. The fraction of sp³-hybridized carbons (Fsp3) is 0.222. The first kappa shape index (κ1) is 25.7. The molecule has 3 aromatic rings. The largest absolute Gasteiger partial charge is 0.573 e. The zero-order chi connectivity index (χ0) is 26.9. The molecule has 1 aromatic heterocycles. The fourth-order valence-corrected chi connectivity index (χ4v) is 4.21. The minimum Gasteiger partial charge on any atom is -0.507 e. The minimum absolute atomic E-state index is 0.0362. The average molecular weight is 512 g/mol. The molecule has 0 bridgehead atoms. The van der Waals surface area contributed by atoms with Gasteiger partial charge in [-0.1, -0.05) is 19.9 Å². The fourth-order valence-electron chi connectivity index (χ4n) is 4.21. The SMILES string of the molecule is COc1ccc(/C(O)=C2/C(=O)C(=O)N(c3ccc(OC(F)(F)F)cc3)C2c2ccccn2)cc1C(C)C. The number of ether oxygens (including phenoxy) is 2. The molecule has 0 saturated carbocycles. The number of nitrogens with zero attached hydrogens (tertiary/aromatic N) is 2. The third-order valence-corrected chi connectivity index (χ3v) is 5.89. The molecule has 37 heavy (non-hydrogen) atoms. The molecule has 1 aliphatic rings. The Labute approximate surface area is 210 Å². The predicted octanol–water partition coefficient (Wildman–Crippen LogP) is 5.74. The summed E-state index contributed by atoms with van der Waals surface area (Å²) in [6, 6.07) is 13.2. The molecule has 1 saturated heterocycles. The smallest absolute Gasteiger partial charge is 0.507 e. The number of alkyl halides is 3. The molecule has 2 aromatic carbocycles. The summed E-state index contributed by atoms with van der Waals surface area (Å²) < 4.78 is 47.1. The van der Waals surface area contributed by atoms with Crippen molar-refractivity contribution in [3.8, 4) is 11.5 Å². The minimum atomic E-state index is -4.88. The van der Waals surface area contributed by atoms with E-state index in [1.807, 2.05) is 13.8 Å². The molecule has 0 spiro atoms. The zero-order valence-electron chi connectivity index (χ0n) is 20.1. The number of aliphatic hydroxyl groups excluding tert-OH is 1. The van der Waals surface area contributed by atoms with Crippen LogP contribution >= 0.6 is 0 Å². The number of carbonyl (C=O) groups excluding carboxylic acids is 2. The Morgan fingerprint density at radius 2 is 1.76 bits per heavy atom. The van der Waals surface area contributed by atoms with Gasteiger partial charge in [0, 0.05) is 17.4 Å². The molecular formula is C27H23F3N2O5. The van der Waals surface area contributed by atoms with Crippen LogP contribution in [0.3, 0.4) is 0 Å². The summed E-state index contributed by atoms with van der Waals surface area (Å²) in [7, 11) is 1.53. The first-order valence-corrected chi connectivity index (χ1v) is 11.3. The van der Waals surface area contributed by atoms with Crippen molar-refractivity contribution in [2.45, 2.75) is 32.2 Å². The predicted molar refractivity (Wildman–Crippen MR) is 129 cm³/mol. The van der Waals surface area contributed by atoms with Gasteiger partial charge < -0.3 is 14.6 Å². The molecule has 0 radical (unpaired) electrons. The van der Waals surface area contributed by atoms with E-state index < -0.39 is 35.6 Å². The average Bonchev–Trinajstić information content (AvgIpc) is 3.13. The quantitative estimate of drug-likeness (QED) is 0.258. The van der Waals surface area contributed by atoms with Gasteiger partial charge in [-0.25, -0.2) is 0 Å². The second kappa shape index (κ2) is 9.96. The Morgan fingerprint density at radius 3 is 2.32 bits per heavy atom. The normalized spacial score (nSPS) is 17.4. The Hall–Kier alpha value is -4.34. The summed E-state index contributed by atoms with van der Waals surface area (Å²) in [5.41, 5.74) is 1.31. The van der Waals surface area contributed by atoms with Gasteiger partial charge in [-0.15, -0.1) is 13.2 Å². The van der Waals surface area contributed by atoms with Crippen LogP contribution in [0.5, 0.6) is 11.5 Å². The summed E-state index contributed by atoms with van der Waals surface area (Å²) in [5.74, 6) is -2.16. The lowest BCUT2D eigenvalue weighted by molar-refractivity contribution is -0.274. The van der Waals surface area contributed by atoms with Gasteiger partial charge >= 0.3 is 6.36 Å². The Morgan fingerprint density at radius 1 is 1.05 bits per heavy atom. The number of carbonyl (C=O) groups is 2. The van der Waals surface area contributed by atoms with E-state index in [2.05, 4.69) is 9.72 Å². The molecule has 192 valence electrons. The van der Waals surface area contributed by atoms with Crippen LogP contribution in [0.4, 0.5) is 18.9 Å². The number of pyridine rings is 1. The number of benzene rings is 2. The molecule has 1 fully saturated rings. The van der Waals surface area contributed by atoms with Crippen LogP contribution in [-0.2, 0) is 9.59 Å². The van der Waals surface area contributed by atoms with Crippen LogP contribution in [-0.4, -0.2) is 35.3 Å². The van der Waals surface area contributed by atoms with E-state index in [9.17, 15) is 27.9 Å². The molecule has 0 aliphatic carbocycles. The lowest BCUT2D eigenvalue weighted by Crippen LogP contribution is -2.29. The summed E-state index contributed by atoms with van der Waals surface area (Å²) in [5, 5.41) is 11.3. The maximum absolute atomic E-state index is 13.2. The van der Waals surface area contributed by atoms with Gasteiger partial charge in [0.05, 0.1) is 18.4 Å². The van der Waals surface area contributed by atoms with E-state index in [0.29, 0.717) is 11.3 Å². The van der Waals surface area contributed by atoms with Crippen molar-refractivity contribution >= 4 is 23.1 Å². The van der Waals surface area contributed by atoms with E-state index in [-0.39, 0.29) is 22.9 Å². The Bertz CT molecular complexity index is 1350. The molecule has 7 nitrogen and oxygen atoms in total. The van der Waals surface area contributed by atoms with Crippen molar-refractivity contribution < 1.29 is 37.3 Å². The van der Waals surface area contributed by atoms with Crippen LogP contribution in [0.2, 0.25) is 0 Å². The number of rotatable bonds is 6. The third kappa shape index (κ3) is 5.13. The number of aromatic nitrogens is 1. The first-order chi connectivity index (χ1) is 17.5. The van der Waals surface area contributed by atoms with Gasteiger partial charge in [0.25, 0.3) is 11.7 Å². The van der Waals surface area contributed by atoms with Crippen LogP contribution in [0, 0.1) is 0 Å².